The molecular formula is C22H19Cl2N3O3. The third-order valence-corrected chi connectivity index (χ3v) is 5.49. The number of piperidine rings is 1. The summed E-state index contributed by atoms with van der Waals surface area (Å²) in [4.78, 5) is 21.8. The summed E-state index contributed by atoms with van der Waals surface area (Å²) >= 11 is 12.1. The molecule has 2 aromatic carbocycles. The molecule has 0 spiro atoms. The van der Waals surface area contributed by atoms with Gasteiger partial charge in [0, 0.05) is 47.1 Å². The van der Waals surface area contributed by atoms with Crippen molar-refractivity contribution in [1.82, 2.24) is 14.9 Å². The van der Waals surface area contributed by atoms with Crippen LogP contribution < -0.4 is 4.74 Å². The molecule has 0 radical (unpaired) electrons. The Kier molecular flexibility index (Phi) is 6.06. The van der Waals surface area contributed by atoms with Crippen LogP contribution in [0.25, 0.3) is 22.5 Å². The van der Waals surface area contributed by atoms with Crippen molar-refractivity contribution >= 4 is 29.3 Å². The van der Waals surface area contributed by atoms with Crippen molar-refractivity contribution in [3.63, 3.8) is 0 Å². The highest BCUT2D eigenvalue weighted by Crippen LogP contribution is 2.32. The standard InChI is InChI=1S/C22H19Cl2N3O3/c23-16-5-1-14(2-6-16)20-21(15-3-7-17(24)8-4-15)26-19(13-25-20)30-18-9-11-27(12-10-18)22(28)29/h1-8,13,18H,9-12H2,(H,28,29). The number of amides is 1. The number of ether oxygens (including phenoxy) is 1. The molecule has 1 aliphatic rings. The van der Waals surface area contributed by atoms with E-state index in [1.165, 1.54) is 4.90 Å². The number of rotatable bonds is 4. The quantitative estimate of drug-likeness (QED) is 0.564. The molecule has 30 heavy (non-hydrogen) atoms. The molecule has 0 unspecified atom stereocenters. The topological polar surface area (TPSA) is 75.5 Å². The maximum Gasteiger partial charge on any atom is 0.407 e. The number of hydrogen-bond donors (Lipinski definition) is 1. The first-order chi connectivity index (χ1) is 14.5. The normalized spacial score (nSPS) is 14.5. The lowest BCUT2D eigenvalue weighted by Gasteiger charge is -2.29. The molecule has 0 atom stereocenters. The fraction of sp³-hybridized carbons (Fsp3) is 0.227. The number of halogens is 2. The van der Waals surface area contributed by atoms with Crippen LogP contribution in [0.2, 0.25) is 10.0 Å². The Bertz CT molecular complexity index is 1030. The summed E-state index contributed by atoms with van der Waals surface area (Å²) < 4.78 is 6.04. The number of carbonyl (C=O) groups is 1. The van der Waals surface area contributed by atoms with Gasteiger partial charge in [-0.1, -0.05) is 47.5 Å². The van der Waals surface area contributed by atoms with Crippen LogP contribution in [0.3, 0.4) is 0 Å². The number of aromatic nitrogens is 2. The Labute approximate surface area is 184 Å². The second kappa shape index (κ2) is 8.90. The summed E-state index contributed by atoms with van der Waals surface area (Å²) in [5.41, 5.74) is 3.14. The van der Waals surface area contributed by atoms with Crippen molar-refractivity contribution in [3.05, 3.63) is 64.8 Å². The first kappa shape index (κ1) is 20.4. The van der Waals surface area contributed by atoms with E-state index in [0.717, 1.165) is 11.1 Å². The van der Waals surface area contributed by atoms with E-state index in [4.69, 9.17) is 38.0 Å². The van der Waals surface area contributed by atoms with Crippen LogP contribution in [0.1, 0.15) is 12.8 Å². The van der Waals surface area contributed by atoms with E-state index in [1.807, 2.05) is 36.4 Å². The fourth-order valence-corrected chi connectivity index (χ4v) is 3.65. The van der Waals surface area contributed by atoms with Crippen molar-refractivity contribution in [3.8, 4) is 28.4 Å². The molecule has 1 aromatic heterocycles. The molecule has 4 rings (SSSR count). The third kappa shape index (κ3) is 4.66. The van der Waals surface area contributed by atoms with E-state index in [0.29, 0.717) is 53.2 Å². The minimum Gasteiger partial charge on any atom is -0.473 e. The molecule has 1 aliphatic heterocycles. The van der Waals surface area contributed by atoms with Gasteiger partial charge >= 0.3 is 6.09 Å². The number of hydrogen-bond acceptors (Lipinski definition) is 4. The average Bonchev–Trinajstić information content (AvgIpc) is 2.75. The Morgan fingerprint density at radius 1 is 0.933 bits per heavy atom. The van der Waals surface area contributed by atoms with Gasteiger partial charge in [-0.25, -0.2) is 14.8 Å². The molecule has 2 heterocycles. The van der Waals surface area contributed by atoms with Crippen LogP contribution >= 0.6 is 23.2 Å². The summed E-state index contributed by atoms with van der Waals surface area (Å²) in [5.74, 6) is 0.409. The van der Waals surface area contributed by atoms with Gasteiger partial charge < -0.3 is 14.7 Å². The molecule has 0 bridgehead atoms. The molecule has 1 saturated heterocycles. The van der Waals surface area contributed by atoms with Gasteiger partial charge in [0.05, 0.1) is 11.9 Å². The molecule has 6 nitrogen and oxygen atoms in total. The number of benzene rings is 2. The zero-order valence-electron chi connectivity index (χ0n) is 16.0. The smallest absolute Gasteiger partial charge is 0.407 e. The Morgan fingerprint density at radius 3 is 2.00 bits per heavy atom. The van der Waals surface area contributed by atoms with Gasteiger partial charge in [-0.15, -0.1) is 0 Å². The minimum absolute atomic E-state index is 0.102. The molecule has 8 heteroatoms. The van der Waals surface area contributed by atoms with Crippen LogP contribution in [0.15, 0.2) is 54.7 Å². The van der Waals surface area contributed by atoms with E-state index < -0.39 is 6.09 Å². The Hall–Kier alpha value is -2.83. The van der Waals surface area contributed by atoms with Crippen molar-refractivity contribution in [1.29, 1.82) is 0 Å². The van der Waals surface area contributed by atoms with Gasteiger partial charge in [0.2, 0.25) is 5.88 Å². The zero-order valence-corrected chi connectivity index (χ0v) is 17.5. The summed E-state index contributed by atoms with van der Waals surface area (Å²) in [6.07, 6.45) is 1.83. The first-order valence-corrected chi connectivity index (χ1v) is 10.3. The molecule has 1 fully saturated rings. The van der Waals surface area contributed by atoms with Crippen LogP contribution in [-0.2, 0) is 0 Å². The predicted octanol–water partition coefficient (Wildman–Crippen LogP) is 5.64. The Balaban J connectivity index is 1.63. The van der Waals surface area contributed by atoms with E-state index >= 15 is 0 Å². The lowest BCUT2D eigenvalue weighted by atomic mass is 10.0. The molecule has 1 amide bonds. The highest BCUT2D eigenvalue weighted by Gasteiger charge is 2.24. The third-order valence-electron chi connectivity index (χ3n) is 4.99. The Morgan fingerprint density at radius 2 is 1.47 bits per heavy atom. The van der Waals surface area contributed by atoms with Crippen molar-refractivity contribution in [2.45, 2.75) is 18.9 Å². The highest BCUT2D eigenvalue weighted by molar-refractivity contribution is 6.31. The van der Waals surface area contributed by atoms with Gasteiger partial charge in [0.15, 0.2) is 0 Å². The number of carboxylic acid groups (broad SMARTS) is 1. The van der Waals surface area contributed by atoms with E-state index in [9.17, 15) is 4.79 Å². The molecular weight excluding hydrogens is 425 g/mol. The first-order valence-electron chi connectivity index (χ1n) is 9.53. The fourth-order valence-electron chi connectivity index (χ4n) is 3.39. The lowest BCUT2D eigenvalue weighted by Crippen LogP contribution is -2.41. The van der Waals surface area contributed by atoms with E-state index in [-0.39, 0.29) is 6.10 Å². The van der Waals surface area contributed by atoms with E-state index in [2.05, 4.69) is 4.98 Å². The largest absolute Gasteiger partial charge is 0.473 e. The molecule has 1 N–H and O–H groups in total. The van der Waals surface area contributed by atoms with Crippen LogP contribution in [-0.4, -0.2) is 45.3 Å². The predicted molar refractivity (Wildman–Crippen MR) is 116 cm³/mol. The summed E-state index contributed by atoms with van der Waals surface area (Å²) in [6, 6.07) is 14.8. The molecule has 0 saturated carbocycles. The summed E-state index contributed by atoms with van der Waals surface area (Å²) in [6.45, 7) is 0.890. The van der Waals surface area contributed by atoms with Crippen LogP contribution in [0.5, 0.6) is 5.88 Å². The maximum absolute atomic E-state index is 11.1. The monoisotopic (exact) mass is 443 g/mol. The van der Waals surface area contributed by atoms with Gasteiger partial charge in [0.1, 0.15) is 11.8 Å². The minimum atomic E-state index is -0.898. The molecule has 154 valence electrons. The maximum atomic E-state index is 11.1. The zero-order chi connectivity index (χ0) is 21.1. The van der Waals surface area contributed by atoms with E-state index in [1.54, 1.807) is 18.3 Å². The highest BCUT2D eigenvalue weighted by atomic mass is 35.5. The second-order valence-corrected chi connectivity index (χ2v) is 7.88. The van der Waals surface area contributed by atoms with Crippen LogP contribution in [0, 0.1) is 0 Å². The second-order valence-electron chi connectivity index (χ2n) is 7.01. The van der Waals surface area contributed by atoms with Gasteiger partial charge in [-0.3, -0.25) is 0 Å². The van der Waals surface area contributed by atoms with Crippen LogP contribution in [0.4, 0.5) is 4.79 Å². The summed E-state index contributed by atoms with van der Waals surface area (Å²) in [7, 11) is 0. The van der Waals surface area contributed by atoms with Gasteiger partial charge in [-0.05, 0) is 24.3 Å². The van der Waals surface area contributed by atoms with Gasteiger partial charge in [-0.2, -0.15) is 0 Å². The van der Waals surface area contributed by atoms with Crippen molar-refractivity contribution in [2.75, 3.05) is 13.1 Å². The van der Waals surface area contributed by atoms with Crippen molar-refractivity contribution < 1.29 is 14.6 Å². The summed E-state index contributed by atoms with van der Waals surface area (Å²) in [5, 5.41) is 10.4. The van der Waals surface area contributed by atoms with Crippen molar-refractivity contribution in [2.24, 2.45) is 0 Å². The lowest BCUT2D eigenvalue weighted by molar-refractivity contribution is 0.0869. The average molecular weight is 444 g/mol. The molecule has 0 aliphatic carbocycles. The van der Waals surface area contributed by atoms with Gasteiger partial charge in [0.25, 0.3) is 0 Å². The molecule has 3 aromatic rings. The number of nitrogens with zero attached hydrogens (tertiary/aromatic N) is 3. The SMILES string of the molecule is O=C(O)N1CCC(Oc2cnc(-c3ccc(Cl)cc3)c(-c3ccc(Cl)cc3)n2)CC1. The number of likely N-dealkylation sites (tertiary alicyclic amines) is 1.